The van der Waals surface area contributed by atoms with Gasteiger partial charge in [0.1, 0.15) is 5.69 Å². The molecule has 0 bridgehead atoms. The monoisotopic (exact) mass is 325 g/mol. The van der Waals surface area contributed by atoms with E-state index in [0.29, 0.717) is 0 Å². The molecule has 0 aliphatic carbocycles. The molecule has 23 heavy (non-hydrogen) atoms. The van der Waals surface area contributed by atoms with Gasteiger partial charge in [-0.15, -0.1) is 0 Å². The summed E-state index contributed by atoms with van der Waals surface area (Å²) in [4.78, 5) is 15.1. The number of hydrogen-bond donors (Lipinski definition) is 1. The molecular formula is C17H18F3NO2. The van der Waals surface area contributed by atoms with Gasteiger partial charge >= 0.3 is 6.18 Å². The third-order valence-corrected chi connectivity index (χ3v) is 3.46. The molecule has 0 fully saturated rings. The molecule has 1 N–H and O–H groups in total. The molecule has 3 nitrogen and oxygen atoms in total. The molecule has 6 heteroatoms. The van der Waals surface area contributed by atoms with Crippen LogP contribution in [0.5, 0.6) is 5.75 Å². The van der Waals surface area contributed by atoms with E-state index in [1.807, 2.05) is 0 Å². The number of hydrogen-bond acceptors (Lipinski definition) is 2. The Balaban J connectivity index is 2.94. The fraction of sp³-hybridized carbons (Fsp3) is 0.353. The van der Waals surface area contributed by atoms with Crippen molar-refractivity contribution >= 4 is 0 Å². The smallest absolute Gasteiger partial charge is 0.431 e. The SMILES string of the molecule is COc1c(C(C)(C)C)[nH]c(C(F)(F)F)c(-c2ccccc2)c1=O. The molecule has 1 aromatic carbocycles. The highest BCUT2D eigenvalue weighted by Gasteiger charge is 2.39. The van der Waals surface area contributed by atoms with Crippen LogP contribution in [0.2, 0.25) is 0 Å². The van der Waals surface area contributed by atoms with Gasteiger partial charge in [0, 0.05) is 5.41 Å². The first-order valence-corrected chi connectivity index (χ1v) is 7.04. The van der Waals surface area contributed by atoms with E-state index >= 15 is 0 Å². The summed E-state index contributed by atoms with van der Waals surface area (Å²) in [7, 11) is 1.28. The number of halogens is 3. The molecule has 0 aliphatic rings. The van der Waals surface area contributed by atoms with Crippen LogP contribution in [0.4, 0.5) is 13.2 Å². The van der Waals surface area contributed by atoms with Gasteiger partial charge in [-0.1, -0.05) is 51.1 Å². The van der Waals surface area contributed by atoms with Crippen LogP contribution in [0.25, 0.3) is 11.1 Å². The molecule has 0 amide bonds. The Morgan fingerprint density at radius 2 is 1.57 bits per heavy atom. The second-order valence-corrected chi connectivity index (χ2v) is 6.23. The largest absolute Gasteiger partial charge is 0.491 e. The van der Waals surface area contributed by atoms with Gasteiger partial charge in [-0.2, -0.15) is 13.2 Å². The lowest BCUT2D eigenvalue weighted by atomic mass is 9.89. The lowest BCUT2D eigenvalue weighted by Gasteiger charge is -2.24. The Labute approximate surface area is 132 Å². The lowest BCUT2D eigenvalue weighted by Crippen LogP contribution is -2.26. The second kappa shape index (κ2) is 5.76. The maximum absolute atomic E-state index is 13.5. The zero-order chi connectivity index (χ0) is 17.4. The summed E-state index contributed by atoms with van der Waals surface area (Å²) in [6, 6.07) is 7.77. The molecule has 124 valence electrons. The van der Waals surface area contributed by atoms with E-state index in [2.05, 4.69) is 4.98 Å². The van der Waals surface area contributed by atoms with E-state index in [0.717, 1.165) is 0 Å². The molecule has 2 rings (SSSR count). The third-order valence-electron chi connectivity index (χ3n) is 3.46. The molecule has 0 spiro atoms. The number of benzene rings is 1. The van der Waals surface area contributed by atoms with Crippen molar-refractivity contribution in [1.29, 1.82) is 0 Å². The highest BCUT2D eigenvalue weighted by atomic mass is 19.4. The summed E-state index contributed by atoms with van der Waals surface area (Å²) in [6.07, 6.45) is -4.68. The van der Waals surface area contributed by atoms with Gasteiger partial charge in [-0.25, -0.2) is 0 Å². The number of pyridine rings is 1. The van der Waals surface area contributed by atoms with Crippen LogP contribution in [0.15, 0.2) is 35.1 Å². The highest BCUT2D eigenvalue weighted by molar-refractivity contribution is 5.68. The number of aromatic nitrogens is 1. The van der Waals surface area contributed by atoms with Crippen molar-refractivity contribution in [2.75, 3.05) is 7.11 Å². The van der Waals surface area contributed by atoms with E-state index in [1.165, 1.54) is 19.2 Å². The molecule has 0 saturated carbocycles. The standard InChI is InChI=1S/C17H18F3NO2/c1-16(2,3)15-13(23-4)12(22)11(10-8-6-5-7-9-10)14(21-15)17(18,19)20/h5-9H,1-4H3,(H,21,22). The number of aromatic amines is 1. The molecule has 0 atom stereocenters. The molecule has 0 unspecified atom stereocenters. The number of nitrogens with one attached hydrogen (secondary N) is 1. The van der Waals surface area contributed by atoms with Crippen molar-refractivity contribution in [2.24, 2.45) is 0 Å². The van der Waals surface area contributed by atoms with Gasteiger partial charge in [0.05, 0.1) is 18.4 Å². The van der Waals surface area contributed by atoms with Crippen molar-refractivity contribution in [1.82, 2.24) is 4.98 Å². The minimum Gasteiger partial charge on any atom is -0.491 e. The Morgan fingerprint density at radius 3 is 2.00 bits per heavy atom. The summed E-state index contributed by atoms with van der Waals surface area (Å²) >= 11 is 0. The minimum absolute atomic E-state index is 0.0932. The number of rotatable bonds is 2. The highest BCUT2D eigenvalue weighted by Crippen LogP contribution is 2.38. The van der Waals surface area contributed by atoms with Crippen LogP contribution in [-0.4, -0.2) is 12.1 Å². The first kappa shape index (κ1) is 17.1. The molecule has 0 radical (unpaired) electrons. The van der Waals surface area contributed by atoms with Crippen molar-refractivity contribution in [3.63, 3.8) is 0 Å². The predicted molar refractivity (Wildman–Crippen MR) is 82.8 cm³/mol. The van der Waals surface area contributed by atoms with E-state index in [9.17, 15) is 18.0 Å². The van der Waals surface area contributed by atoms with E-state index in [4.69, 9.17) is 4.74 Å². The van der Waals surface area contributed by atoms with Crippen LogP contribution < -0.4 is 10.2 Å². The van der Waals surface area contributed by atoms with Crippen LogP contribution >= 0.6 is 0 Å². The van der Waals surface area contributed by atoms with Crippen LogP contribution in [-0.2, 0) is 11.6 Å². The Bertz CT molecular complexity index is 756. The van der Waals surface area contributed by atoms with E-state index in [1.54, 1.807) is 39.0 Å². The van der Waals surface area contributed by atoms with Gasteiger partial charge in [0.15, 0.2) is 5.75 Å². The molecule has 0 saturated heterocycles. The van der Waals surface area contributed by atoms with Crippen molar-refractivity contribution in [3.05, 3.63) is 51.9 Å². The van der Waals surface area contributed by atoms with Gasteiger partial charge < -0.3 is 9.72 Å². The Hall–Kier alpha value is -2.24. The van der Waals surface area contributed by atoms with Crippen LogP contribution in [0.3, 0.4) is 0 Å². The van der Waals surface area contributed by atoms with Crippen molar-refractivity contribution in [3.8, 4) is 16.9 Å². The number of methoxy groups -OCH3 is 1. The van der Waals surface area contributed by atoms with Gasteiger partial charge in [-0.3, -0.25) is 4.79 Å². The zero-order valence-corrected chi connectivity index (χ0v) is 13.3. The summed E-state index contributed by atoms with van der Waals surface area (Å²) in [5, 5.41) is 0. The normalized spacial score (nSPS) is 12.3. The summed E-state index contributed by atoms with van der Waals surface area (Å²) < 4.78 is 45.6. The second-order valence-electron chi connectivity index (χ2n) is 6.23. The lowest BCUT2D eigenvalue weighted by molar-refractivity contribution is -0.140. The Kier molecular flexibility index (Phi) is 4.28. The van der Waals surface area contributed by atoms with Crippen molar-refractivity contribution < 1.29 is 17.9 Å². The number of H-pyrrole nitrogens is 1. The first-order valence-electron chi connectivity index (χ1n) is 7.04. The minimum atomic E-state index is -4.68. The molecule has 0 aliphatic heterocycles. The average Bonchev–Trinajstić information content (AvgIpc) is 2.45. The predicted octanol–water partition coefficient (Wildman–Crippen LogP) is 4.37. The van der Waals surface area contributed by atoms with E-state index in [-0.39, 0.29) is 17.0 Å². The van der Waals surface area contributed by atoms with Crippen molar-refractivity contribution in [2.45, 2.75) is 32.4 Å². The number of alkyl halides is 3. The molecule has 1 aromatic heterocycles. The third kappa shape index (κ3) is 3.25. The van der Waals surface area contributed by atoms with Crippen LogP contribution in [0, 0.1) is 0 Å². The van der Waals surface area contributed by atoms with Gasteiger partial charge in [0.25, 0.3) is 0 Å². The summed E-state index contributed by atoms with van der Waals surface area (Å²) in [5.41, 5.74) is -2.64. The molecule has 1 heterocycles. The van der Waals surface area contributed by atoms with Gasteiger partial charge in [-0.05, 0) is 5.56 Å². The Morgan fingerprint density at radius 1 is 1.00 bits per heavy atom. The summed E-state index contributed by atoms with van der Waals surface area (Å²) in [5.74, 6) is -0.0932. The quantitative estimate of drug-likeness (QED) is 0.891. The number of ether oxygens (including phenoxy) is 1. The fourth-order valence-electron chi connectivity index (χ4n) is 2.40. The van der Waals surface area contributed by atoms with E-state index < -0.39 is 28.3 Å². The topological polar surface area (TPSA) is 42.1 Å². The molecule has 2 aromatic rings. The molecular weight excluding hydrogens is 307 g/mol. The maximum atomic E-state index is 13.5. The maximum Gasteiger partial charge on any atom is 0.431 e. The van der Waals surface area contributed by atoms with Crippen LogP contribution in [0.1, 0.15) is 32.2 Å². The first-order chi connectivity index (χ1) is 10.6. The summed E-state index contributed by atoms with van der Waals surface area (Å²) in [6.45, 7) is 5.13. The zero-order valence-electron chi connectivity index (χ0n) is 13.3. The van der Waals surface area contributed by atoms with Gasteiger partial charge in [0.2, 0.25) is 5.43 Å². The fourth-order valence-corrected chi connectivity index (χ4v) is 2.40. The average molecular weight is 325 g/mol.